The van der Waals surface area contributed by atoms with E-state index in [-0.39, 0.29) is 247 Å². The Morgan fingerprint density at radius 1 is 0.429 bits per heavy atom. The van der Waals surface area contributed by atoms with Gasteiger partial charge in [-0.1, -0.05) is 0 Å². The third-order valence-corrected chi connectivity index (χ3v) is 4.30. The van der Waals surface area contributed by atoms with Gasteiger partial charge >= 0.3 is 172 Å². The zero-order chi connectivity index (χ0) is 30.8. The number of ether oxygens (including phenoxy) is 3. The van der Waals surface area contributed by atoms with Crippen LogP contribution in [0.1, 0.15) is 57.8 Å². The van der Waals surface area contributed by atoms with E-state index in [9.17, 15) is 44.1 Å². The van der Waals surface area contributed by atoms with Gasteiger partial charge in [-0.3, -0.25) is 14.4 Å². The molecule has 0 aliphatic heterocycles. The molecule has 3 N–H and O–H groups in total. The van der Waals surface area contributed by atoms with Crippen LogP contribution < -0.4 is 169 Å². The SMILES string of the molecule is O=C([O-])CCC(=S)OCCC(=O)O.O=C([O-])CCC(=S)OCCC(=O)O.O=C([O-])CCC(=S)OCCC(=O)O.[K+].[K+].[K+]. The van der Waals surface area contributed by atoms with Crippen LogP contribution in [0.25, 0.3) is 0 Å². The molecule has 0 aromatic rings. The van der Waals surface area contributed by atoms with Crippen molar-refractivity contribution in [1.82, 2.24) is 0 Å². The average molecular weight is 733 g/mol. The van der Waals surface area contributed by atoms with E-state index in [1.54, 1.807) is 0 Å². The van der Waals surface area contributed by atoms with Crippen molar-refractivity contribution >= 4 is 87.6 Å². The normalized spacial score (nSPS) is 8.57. The van der Waals surface area contributed by atoms with Gasteiger partial charge in [0, 0.05) is 37.2 Å². The molecular weight excluding hydrogens is 706 g/mol. The van der Waals surface area contributed by atoms with Crippen LogP contribution in [0.4, 0.5) is 0 Å². The summed E-state index contributed by atoms with van der Waals surface area (Å²) in [4.78, 5) is 60.0. The van der Waals surface area contributed by atoms with E-state index in [0.29, 0.717) is 0 Å². The number of carboxylic acid groups (broad SMARTS) is 6. The molecule has 0 aromatic carbocycles. The Hall–Kier alpha value is 1.40. The number of hydrogen-bond donors (Lipinski definition) is 3. The van der Waals surface area contributed by atoms with Gasteiger partial charge in [-0.15, -0.1) is 0 Å². The van der Waals surface area contributed by atoms with Crippen LogP contribution in [0, 0.1) is 0 Å². The Morgan fingerprint density at radius 2 is 0.619 bits per heavy atom. The molecule has 0 aliphatic rings. The molecule has 0 radical (unpaired) electrons. The average Bonchev–Trinajstić information content (AvgIpc) is 2.80. The Labute approximate surface area is 385 Å². The largest absolute Gasteiger partial charge is 1.00 e. The van der Waals surface area contributed by atoms with E-state index in [1.165, 1.54) is 0 Å². The molecule has 0 aromatic heterocycles. The monoisotopic (exact) mass is 732 g/mol. The molecule has 15 nitrogen and oxygen atoms in total. The minimum absolute atomic E-state index is 0. The summed E-state index contributed by atoms with van der Waals surface area (Å²) < 4.78 is 14.3. The van der Waals surface area contributed by atoms with Gasteiger partial charge in [0.1, 0.15) is 0 Å². The van der Waals surface area contributed by atoms with Gasteiger partial charge < -0.3 is 59.2 Å². The Kier molecular flexibility index (Phi) is 51.2. The number of thiocarbonyl (C=S) groups is 3. The van der Waals surface area contributed by atoms with E-state index in [0.717, 1.165) is 0 Å². The predicted molar refractivity (Wildman–Crippen MR) is 135 cm³/mol. The van der Waals surface area contributed by atoms with E-state index >= 15 is 0 Å². The molecule has 222 valence electrons. The van der Waals surface area contributed by atoms with Gasteiger partial charge in [0.05, 0.1) is 39.1 Å². The molecule has 0 aliphatic carbocycles. The second-order valence-electron chi connectivity index (χ2n) is 6.71. The van der Waals surface area contributed by atoms with Crippen molar-refractivity contribution in [3.63, 3.8) is 0 Å². The maximum atomic E-state index is 10.0. The maximum absolute atomic E-state index is 10.0. The summed E-state index contributed by atoms with van der Waals surface area (Å²) in [5.74, 6) is -6.56. The first-order valence-electron chi connectivity index (χ1n) is 10.8. The fraction of sp³-hybridized carbons (Fsp3) is 0.571. The van der Waals surface area contributed by atoms with Crippen LogP contribution >= 0.6 is 36.7 Å². The molecule has 42 heavy (non-hydrogen) atoms. The fourth-order valence-corrected chi connectivity index (χ4v) is 2.14. The van der Waals surface area contributed by atoms with Gasteiger partial charge in [0.15, 0.2) is 15.2 Å². The zero-order valence-corrected chi connectivity index (χ0v) is 35.3. The molecule has 0 atom stereocenters. The smallest absolute Gasteiger partial charge is 0.550 e. The molecule has 0 bridgehead atoms. The number of rotatable bonds is 18. The molecule has 0 saturated carbocycles. The van der Waals surface area contributed by atoms with Gasteiger partial charge in [-0.2, -0.15) is 0 Å². The van der Waals surface area contributed by atoms with E-state index in [2.05, 4.69) is 36.7 Å². The molecule has 0 fully saturated rings. The predicted octanol–water partition coefficient (Wildman–Crippen LogP) is -11.0. The Bertz CT molecular complexity index is 764. The summed E-state index contributed by atoms with van der Waals surface area (Å²) in [5.41, 5.74) is 0. The van der Waals surface area contributed by atoms with Crippen LogP contribution in [0.2, 0.25) is 0 Å². The molecule has 0 unspecified atom stereocenters. The summed E-state index contributed by atoms with van der Waals surface area (Å²) >= 11 is 13.9. The van der Waals surface area contributed by atoms with E-state index in [4.69, 9.17) is 29.5 Å². The molecule has 0 rings (SSSR count). The van der Waals surface area contributed by atoms with Gasteiger partial charge in [-0.05, 0) is 55.9 Å². The Balaban J connectivity index is -0.000000112. The summed E-state index contributed by atoms with van der Waals surface area (Å²) in [6.07, 6.45) is -0.808. The quantitative estimate of drug-likeness (QED) is 0.0873. The summed E-state index contributed by atoms with van der Waals surface area (Å²) in [6, 6.07) is 0. The van der Waals surface area contributed by atoms with Crippen LogP contribution in [-0.4, -0.2) is 86.1 Å². The minimum atomic E-state index is -1.20. The third-order valence-electron chi connectivity index (χ3n) is 3.34. The maximum Gasteiger partial charge on any atom is 1.00 e. The van der Waals surface area contributed by atoms with Gasteiger partial charge in [0.25, 0.3) is 0 Å². The molecule has 0 amide bonds. The first-order chi connectivity index (χ1) is 18.1. The van der Waals surface area contributed by atoms with E-state index in [1.807, 2.05) is 0 Å². The van der Waals surface area contributed by atoms with Crippen molar-refractivity contribution in [2.45, 2.75) is 57.8 Å². The topological polar surface area (TPSA) is 260 Å². The van der Waals surface area contributed by atoms with Gasteiger partial charge in [0.2, 0.25) is 0 Å². The standard InChI is InChI=1S/3C7H10O5S.3K/c3*8-5(9)1-2-7(13)12-4-3-6(10)11;;;/h3*1-4H2,(H,8,9)(H,10,11);;;/q;;;3*+1/p-3. The van der Waals surface area contributed by atoms with Crippen LogP contribution in [0.3, 0.4) is 0 Å². The van der Waals surface area contributed by atoms with Crippen molar-refractivity contribution in [1.29, 1.82) is 0 Å². The molecule has 0 heterocycles. The third kappa shape index (κ3) is 57.1. The summed E-state index contributed by atoms with van der Waals surface area (Å²) in [7, 11) is 0. The van der Waals surface area contributed by atoms with E-state index < -0.39 is 35.8 Å². The van der Waals surface area contributed by atoms with Gasteiger partial charge in [-0.25, -0.2) is 0 Å². The minimum Gasteiger partial charge on any atom is -0.550 e. The van der Waals surface area contributed by atoms with Crippen LogP contribution in [-0.2, 0) is 43.0 Å². The van der Waals surface area contributed by atoms with Crippen LogP contribution in [0.15, 0.2) is 0 Å². The van der Waals surface area contributed by atoms with Crippen molar-refractivity contribution in [2.24, 2.45) is 0 Å². The number of carbonyl (C=O) groups excluding carboxylic acids is 3. The number of carbonyl (C=O) groups is 6. The molecule has 21 heteroatoms. The van der Waals surface area contributed by atoms with Crippen molar-refractivity contribution in [3.8, 4) is 0 Å². The zero-order valence-electron chi connectivity index (χ0n) is 23.5. The second kappa shape index (κ2) is 38.6. The molecular formula is C21H27K3O15S3. The summed E-state index contributed by atoms with van der Waals surface area (Å²) in [6.45, 7) is -0.0797. The first-order valence-corrected chi connectivity index (χ1v) is 12.0. The van der Waals surface area contributed by atoms with Crippen LogP contribution in [0.5, 0.6) is 0 Å². The fourth-order valence-electron chi connectivity index (χ4n) is 1.59. The number of carboxylic acids is 6. The number of aliphatic carboxylic acids is 6. The van der Waals surface area contributed by atoms with Crippen molar-refractivity contribution in [3.05, 3.63) is 0 Å². The summed E-state index contributed by atoms with van der Waals surface area (Å²) in [5, 5.41) is 54.9. The number of hydrogen-bond acceptors (Lipinski definition) is 15. The molecule has 0 spiro atoms. The Morgan fingerprint density at radius 3 is 0.762 bits per heavy atom. The molecule has 0 saturated heterocycles. The van der Waals surface area contributed by atoms with Crippen molar-refractivity contribution in [2.75, 3.05) is 19.8 Å². The first kappa shape index (κ1) is 55.8. The van der Waals surface area contributed by atoms with Crippen molar-refractivity contribution < 1.29 is 228 Å². The second-order valence-corrected chi connectivity index (χ2v) is 8.07.